The second-order valence-corrected chi connectivity index (χ2v) is 2.16. The van der Waals surface area contributed by atoms with Crippen molar-refractivity contribution in [3.05, 3.63) is 41.9 Å². The maximum absolute atomic E-state index is 5.30. The van der Waals surface area contributed by atoms with Crippen LogP contribution in [0.2, 0.25) is 0 Å². The van der Waals surface area contributed by atoms with Crippen LogP contribution in [0.4, 0.5) is 0 Å². The highest BCUT2D eigenvalue weighted by Gasteiger charge is 1.85. The smallest absolute Gasteiger partial charge is 0.119 e. The Balaban J connectivity index is 2.39. The first-order valence-corrected chi connectivity index (χ1v) is 3.71. The summed E-state index contributed by atoms with van der Waals surface area (Å²) in [5, 5.41) is 0. The van der Waals surface area contributed by atoms with E-state index in [0.717, 1.165) is 5.75 Å². The number of ether oxygens (including phenoxy) is 1. The van der Waals surface area contributed by atoms with Crippen molar-refractivity contribution in [3.63, 3.8) is 0 Å². The van der Waals surface area contributed by atoms with Gasteiger partial charge >= 0.3 is 0 Å². The van der Waals surface area contributed by atoms with Gasteiger partial charge in [0.2, 0.25) is 0 Å². The molecule has 1 rings (SSSR count). The summed E-state index contributed by atoms with van der Waals surface area (Å²) in [5.74, 6) is 0.832. The van der Waals surface area contributed by atoms with Gasteiger partial charge in [-0.3, -0.25) is 0 Å². The number of hydrogen-bond donors (Lipinski definition) is 0. The molecular weight excluding hydrogens is 160 g/mol. The molecule has 0 fully saturated rings. The lowest BCUT2D eigenvalue weighted by atomic mass is 10.3. The molecule has 0 amide bonds. The van der Waals surface area contributed by atoms with E-state index in [4.69, 9.17) is 16.3 Å². The summed E-state index contributed by atoms with van der Waals surface area (Å²) in [5.41, 5.74) is 1.44. The summed E-state index contributed by atoms with van der Waals surface area (Å²) < 4.78 is 5.26. The van der Waals surface area contributed by atoms with E-state index in [1.54, 1.807) is 18.2 Å². The lowest BCUT2D eigenvalue weighted by Crippen LogP contribution is -1.91. The number of benzene rings is 1. The van der Waals surface area contributed by atoms with Crippen molar-refractivity contribution in [3.8, 4) is 5.75 Å². The van der Waals surface area contributed by atoms with E-state index >= 15 is 0 Å². The zero-order valence-electron chi connectivity index (χ0n) is 5.96. The maximum Gasteiger partial charge on any atom is 0.119 e. The highest BCUT2D eigenvalue weighted by molar-refractivity contribution is 6.25. The van der Waals surface area contributed by atoms with Gasteiger partial charge in [-0.05, 0) is 24.3 Å². The molecule has 1 aromatic rings. The number of hydrogen-bond acceptors (Lipinski definition) is 1. The van der Waals surface area contributed by atoms with Crippen molar-refractivity contribution >= 4 is 11.6 Å². The molecular formula is C9H8ClO. The molecule has 57 valence electrons. The van der Waals surface area contributed by atoms with E-state index in [1.807, 2.05) is 12.1 Å². The van der Waals surface area contributed by atoms with Gasteiger partial charge in [-0.15, -0.1) is 0 Å². The molecule has 11 heavy (non-hydrogen) atoms. The summed E-state index contributed by atoms with van der Waals surface area (Å²) >= 11 is 5.30. The summed E-state index contributed by atoms with van der Waals surface area (Å²) in [7, 11) is 0. The second-order valence-electron chi connectivity index (χ2n) is 1.91. The van der Waals surface area contributed by atoms with Gasteiger partial charge in [-0.25, -0.2) is 0 Å². The molecule has 0 aliphatic heterocycles. The molecule has 1 radical (unpaired) electrons. The average molecular weight is 168 g/mol. The minimum absolute atomic E-state index is 0.507. The molecule has 0 saturated carbocycles. The minimum atomic E-state index is 0.507. The Labute approximate surface area is 71.3 Å². The Morgan fingerprint density at radius 3 is 2.82 bits per heavy atom. The van der Waals surface area contributed by atoms with Crippen LogP contribution in [0.1, 0.15) is 0 Å². The van der Waals surface area contributed by atoms with Gasteiger partial charge < -0.3 is 4.74 Å². The molecule has 0 atom stereocenters. The normalized spacial score (nSPS) is 10.3. The standard InChI is InChI=1S/C9H8ClO/c10-7-4-8-11-9-5-2-1-3-6-9/h2-7H,8H2/b7-4+. The summed E-state index contributed by atoms with van der Waals surface area (Å²) in [6, 6.07) is 10.2. The highest BCUT2D eigenvalue weighted by Crippen LogP contribution is 2.07. The number of halogens is 1. The summed E-state index contributed by atoms with van der Waals surface area (Å²) in [4.78, 5) is 0. The van der Waals surface area contributed by atoms with E-state index in [2.05, 4.69) is 6.07 Å². The Morgan fingerprint density at radius 1 is 1.45 bits per heavy atom. The average Bonchev–Trinajstić information content (AvgIpc) is 2.07. The minimum Gasteiger partial charge on any atom is -0.490 e. The van der Waals surface area contributed by atoms with Gasteiger partial charge in [0.1, 0.15) is 12.4 Å². The van der Waals surface area contributed by atoms with E-state index in [0.29, 0.717) is 6.61 Å². The largest absolute Gasteiger partial charge is 0.490 e. The fraction of sp³-hybridized carbons (Fsp3) is 0.111. The van der Waals surface area contributed by atoms with Crippen molar-refractivity contribution in [2.24, 2.45) is 0 Å². The molecule has 1 nitrogen and oxygen atoms in total. The quantitative estimate of drug-likeness (QED) is 0.673. The molecule has 0 N–H and O–H groups in total. The van der Waals surface area contributed by atoms with Crippen LogP contribution in [-0.2, 0) is 0 Å². The van der Waals surface area contributed by atoms with E-state index < -0.39 is 0 Å². The van der Waals surface area contributed by atoms with Crippen LogP contribution in [0.25, 0.3) is 0 Å². The molecule has 0 saturated heterocycles. The molecule has 0 aliphatic carbocycles. The fourth-order valence-electron chi connectivity index (χ4n) is 0.649. The summed E-state index contributed by atoms with van der Waals surface area (Å²) in [6.07, 6.45) is 1.73. The lowest BCUT2D eigenvalue weighted by Gasteiger charge is -2.00. The van der Waals surface area contributed by atoms with Gasteiger partial charge in [-0.1, -0.05) is 23.7 Å². The van der Waals surface area contributed by atoms with Crippen molar-refractivity contribution in [2.45, 2.75) is 0 Å². The second kappa shape index (κ2) is 4.80. The Kier molecular flexibility index (Phi) is 3.56. The first-order chi connectivity index (χ1) is 5.43. The number of rotatable bonds is 3. The highest BCUT2D eigenvalue weighted by atomic mass is 35.5. The van der Waals surface area contributed by atoms with Crippen molar-refractivity contribution < 1.29 is 4.74 Å². The molecule has 0 spiro atoms. The third-order valence-corrected chi connectivity index (χ3v) is 1.30. The van der Waals surface area contributed by atoms with Crippen molar-refractivity contribution in [2.75, 3.05) is 6.61 Å². The van der Waals surface area contributed by atoms with Crippen LogP contribution in [0.3, 0.4) is 0 Å². The SMILES string of the molecule is Cl/C=C/COc1cc[c]cc1. The van der Waals surface area contributed by atoms with Crippen LogP contribution >= 0.6 is 11.6 Å². The first kappa shape index (κ1) is 8.15. The van der Waals surface area contributed by atoms with Crippen LogP contribution in [0.15, 0.2) is 35.9 Å². The van der Waals surface area contributed by atoms with Crippen molar-refractivity contribution in [1.29, 1.82) is 0 Å². The van der Waals surface area contributed by atoms with E-state index in [1.165, 1.54) is 5.54 Å². The topological polar surface area (TPSA) is 9.23 Å². The van der Waals surface area contributed by atoms with E-state index in [9.17, 15) is 0 Å². The monoisotopic (exact) mass is 167 g/mol. The van der Waals surface area contributed by atoms with Gasteiger partial charge in [0.25, 0.3) is 0 Å². The van der Waals surface area contributed by atoms with Gasteiger partial charge in [0.15, 0.2) is 0 Å². The first-order valence-electron chi connectivity index (χ1n) is 3.27. The zero-order chi connectivity index (χ0) is 7.94. The molecule has 0 aromatic heterocycles. The molecule has 0 bridgehead atoms. The van der Waals surface area contributed by atoms with Gasteiger partial charge in [0.05, 0.1) is 0 Å². The van der Waals surface area contributed by atoms with Crippen LogP contribution < -0.4 is 4.74 Å². The third kappa shape index (κ3) is 3.10. The van der Waals surface area contributed by atoms with Crippen LogP contribution in [-0.4, -0.2) is 6.61 Å². The lowest BCUT2D eigenvalue weighted by molar-refractivity contribution is 0.363. The molecule has 0 heterocycles. The van der Waals surface area contributed by atoms with Gasteiger partial charge in [0, 0.05) is 5.54 Å². The Bertz CT molecular complexity index is 218. The maximum atomic E-state index is 5.30. The van der Waals surface area contributed by atoms with Crippen molar-refractivity contribution in [1.82, 2.24) is 0 Å². The van der Waals surface area contributed by atoms with Crippen LogP contribution in [0, 0.1) is 6.07 Å². The third-order valence-electron chi connectivity index (χ3n) is 1.12. The Hall–Kier alpha value is -0.950. The molecule has 2 heteroatoms. The van der Waals surface area contributed by atoms with E-state index in [-0.39, 0.29) is 0 Å². The predicted octanol–water partition coefficient (Wildman–Crippen LogP) is 2.62. The summed E-state index contributed by atoms with van der Waals surface area (Å²) in [6.45, 7) is 0.507. The Morgan fingerprint density at radius 2 is 2.18 bits per heavy atom. The van der Waals surface area contributed by atoms with Gasteiger partial charge in [-0.2, -0.15) is 0 Å². The zero-order valence-corrected chi connectivity index (χ0v) is 6.71. The van der Waals surface area contributed by atoms with Crippen LogP contribution in [0.5, 0.6) is 5.75 Å². The molecule has 0 unspecified atom stereocenters. The fourth-order valence-corrected chi connectivity index (χ4v) is 0.721. The predicted molar refractivity (Wildman–Crippen MR) is 45.8 cm³/mol. The molecule has 0 aliphatic rings. The molecule has 1 aromatic carbocycles.